The number of aryl methyl sites for hydroxylation is 2. The molecule has 0 aliphatic rings. The van der Waals surface area contributed by atoms with Crippen LogP contribution < -0.4 is 5.32 Å². The quantitative estimate of drug-likeness (QED) is 0.754. The standard InChI is InChI=1S/C12H22N2S/c1-5-6-13-8-9(2)7-12-14-10(3)11(4)15-12/h9,13H,5-8H2,1-4H3. The van der Waals surface area contributed by atoms with Crippen molar-refractivity contribution < 1.29 is 0 Å². The summed E-state index contributed by atoms with van der Waals surface area (Å²) < 4.78 is 0. The maximum absolute atomic E-state index is 4.57. The molecule has 1 N–H and O–H groups in total. The van der Waals surface area contributed by atoms with E-state index in [0.717, 1.165) is 19.5 Å². The van der Waals surface area contributed by atoms with Gasteiger partial charge in [0.15, 0.2) is 0 Å². The molecule has 0 aromatic carbocycles. The van der Waals surface area contributed by atoms with Gasteiger partial charge in [-0.15, -0.1) is 11.3 Å². The summed E-state index contributed by atoms with van der Waals surface area (Å²) in [6.45, 7) is 11.0. The second-order valence-electron chi connectivity index (χ2n) is 4.26. The lowest BCUT2D eigenvalue weighted by Gasteiger charge is -2.09. The minimum atomic E-state index is 0.682. The monoisotopic (exact) mass is 226 g/mol. The van der Waals surface area contributed by atoms with Gasteiger partial charge < -0.3 is 5.32 Å². The van der Waals surface area contributed by atoms with Crippen molar-refractivity contribution >= 4 is 11.3 Å². The molecule has 1 atom stereocenters. The molecule has 1 aromatic heterocycles. The zero-order valence-corrected chi connectivity index (χ0v) is 11.1. The summed E-state index contributed by atoms with van der Waals surface area (Å²) in [4.78, 5) is 5.93. The van der Waals surface area contributed by atoms with Gasteiger partial charge >= 0.3 is 0 Å². The van der Waals surface area contributed by atoms with Crippen molar-refractivity contribution in [3.63, 3.8) is 0 Å². The van der Waals surface area contributed by atoms with Gasteiger partial charge in [0.2, 0.25) is 0 Å². The van der Waals surface area contributed by atoms with Gasteiger partial charge in [-0.1, -0.05) is 13.8 Å². The van der Waals surface area contributed by atoms with E-state index in [-0.39, 0.29) is 0 Å². The minimum absolute atomic E-state index is 0.682. The van der Waals surface area contributed by atoms with Crippen LogP contribution in [0.1, 0.15) is 35.8 Å². The number of hydrogen-bond donors (Lipinski definition) is 1. The van der Waals surface area contributed by atoms with Gasteiger partial charge in [0.05, 0.1) is 10.7 Å². The molecule has 15 heavy (non-hydrogen) atoms. The third-order valence-electron chi connectivity index (χ3n) is 2.52. The number of nitrogens with zero attached hydrogens (tertiary/aromatic N) is 1. The van der Waals surface area contributed by atoms with Crippen LogP contribution in [0.15, 0.2) is 0 Å². The Kier molecular flexibility index (Phi) is 5.26. The molecule has 1 unspecified atom stereocenters. The van der Waals surface area contributed by atoms with E-state index in [9.17, 15) is 0 Å². The number of aromatic nitrogens is 1. The van der Waals surface area contributed by atoms with E-state index in [4.69, 9.17) is 0 Å². The SMILES string of the molecule is CCCNCC(C)Cc1nc(C)c(C)s1. The summed E-state index contributed by atoms with van der Waals surface area (Å²) in [5.74, 6) is 0.682. The van der Waals surface area contributed by atoms with E-state index < -0.39 is 0 Å². The zero-order chi connectivity index (χ0) is 11.3. The minimum Gasteiger partial charge on any atom is -0.316 e. The molecule has 0 aliphatic carbocycles. The molecular weight excluding hydrogens is 204 g/mol. The van der Waals surface area contributed by atoms with Crippen molar-refractivity contribution in [3.05, 3.63) is 15.6 Å². The molecule has 1 aromatic rings. The van der Waals surface area contributed by atoms with Crippen molar-refractivity contribution in [3.8, 4) is 0 Å². The van der Waals surface area contributed by atoms with Crippen LogP contribution in [0.3, 0.4) is 0 Å². The summed E-state index contributed by atoms with van der Waals surface area (Å²) in [5, 5.41) is 4.74. The van der Waals surface area contributed by atoms with Gasteiger partial charge in [0.25, 0.3) is 0 Å². The molecule has 0 bridgehead atoms. The molecule has 0 saturated heterocycles. The van der Waals surface area contributed by atoms with E-state index in [1.807, 2.05) is 11.3 Å². The normalized spacial score (nSPS) is 13.1. The van der Waals surface area contributed by atoms with Crippen LogP contribution in [0.5, 0.6) is 0 Å². The molecule has 0 radical (unpaired) electrons. The molecule has 0 fully saturated rings. The number of thiazole rings is 1. The number of nitrogens with one attached hydrogen (secondary N) is 1. The summed E-state index contributed by atoms with van der Waals surface area (Å²) in [7, 11) is 0. The lowest BCUT2D eigenvalue weighted by Crippen LogP contribution is -2.23. The van der Waals surface area contributed by atoms with E-state index in [0.29, 0.717) is 5.92 Å². The maximum Gasteiger partial charge on any atom is 0.0934 e. The van der Waals surface area contributed by atoms with Gasteiger partial charge in [-0.3, -0.25) is 0 Å². The third kappa shape index (κ3) is 4.31. The van der Waals surface area contributed by atoms with Crippen LogP contribution in [0.2, 0.25) is 0 Å². The lowest BCUT2D eigenvalue weighted by atomic mass is 10.1. The van der Waals surface area contributed by atoms with Crippen LogP contribution in [0, 0.1) is 19.8 Å². The Labute approximate surface area is 97.1 Å². The van der Waals surface area contributed by atoms with Crippen LogP contribution in [0.4, 0.5) is 0 Å². The van der Waals surface area contributed by atoms with Crippen molar-refractivity contribution in [1.82, 2.24) is 10.3 Å². The molecule has 0 saturated carbocycles. The van der Waals surface area contributed by atoms with E-state index in [1.165, 1.54) is 22.0 Å². The topological polar surface area (TPSA) is 24.9 Å². The van der Waals surface area contributed by atoms with Crippen LogP contribution in [-0.2, 0) is 6.42 Å². The summed E-state index contributed by atoms with van der Waals surface area (Å²) in [6.07, 6.45) is 2.32. The fourth-order valence-electron chi connectivity index (χ4n) is 1.52. The van der Waals surface area contributed by atoms with Gasteiger partial charge in [-0.25, -0.2) is 4.98 Å². The second kappa shape index (κ2) is 6.23. The first-order valence-corrected chi connectivity index (χ1v) is 6.58. The first kappa shape index (κ1) is 12.7. The highest BCUT2D eigenvalue weighted by Gasteiger charge is 2.08. The molecule has 0 amide bonds. The Morgan fingerprint density at radius 3 is 2.67 bits per heavy atom. The van der Waals surface area contributed by atoms with Crippen LogP contribution in [0.25, 0.3) is 0 Å². The first-order chi connectivity index (χ1) is 7.13. The highest BCUT2D eigenvalue weighted by atomic mass is 32.1. The zero-order valence-electron chi connectivity index (χ0n) is 10.3. The van der Waals surface area contributed by atoms with E-state index in [1.54, 1.807) is 0 Å². The van der Waals surface area contributed by atoms with Crippen LogP contribution in [-0.4, -0.2) is 18.1 Å². The molecular formula is C12H22N2S. The summed E-state index contributed by atoms with van der Waals surface area (Å²) >= 11 is 1.84. The smallest absolute Gasteiger partial charge is 0.0934 e. The Balaban J connectivity index is 2.34. The number of rotatable bonds is 6. The van der Waals surface area contributed by atoms with Crippen molar-refractivity contribution in [2.45, 2.75) is 40.5 Å². The fraction of sp³-hybridized carbons (Fsp3) is 0.750. The average molecular weight is 226 g/mol. The molecule has 1 rings (SSSR count). The van der Waals surface area contributed by atoms with Crippen molar-refractivity contribution in [1.29, 1.82) is 0 Å². The van der Waals surface area contributed by atoms with E-state index >= 15 is 0 Å². The van der Waals surface area contributed by atoms with E-state index in [2.05, 4.69) is 38.0 Å². The number of hydrogen-bond acceptors (Lipinski definition) is 3. The van der Waals surface area contributed by atoms with Crippen molar-refractivity contribution in [2.24, 2.45) is 5.92 Å². The first-order valence-electron chi connectivity index (χ1n) is 5.77. The second-order valence-corrected chi connectivity index (χ2v) is 5.55. The lowest BCUT2D eigenvalue weighted by molar-refractivity contribution is 0.509. The predicted octanol–water partition coefficient (Wildman–Crippen LogP) is 2.94. The van der Waals surface area contributed by atoms with Gasteiger partial charge in [-0.2, -0.15) is 0 Å². The molecule has 86 valence electrons. The summed E-state index contributed by atoms with van der Waals surface area (Å²) in [6, 6.07) is 0. The van der Waals surface area contributed by atoms with Crippen molar-refractivity contribution in [2.75, 3.05) is 13.1 Å². The Hall–Kier alpha value is -0.410. The Morgan fingerprint density at radius 1 is 1.40 bits per heavy atom. The predicted molar refractivity (Wildman–Crippen MR) is 67.6 cm³/mol. The fourth-order valence-corrected chi connectivity index (χ4v) is 2.62. The highest BCUT2D eigenvalue weighted by molar-refractivity contribution is 7.11. The molecule has 0 spiro atoms. The highest BCUT2D eigenvalue weighted by Crippen LogP contribution is 2.19. The molecule has 0 aliphatic heterocycles. The largest absolute Gasteiger partial charge is 0.316 e. The Bertz CT molecular complexity index is 274. The van der Waals surface area contributed by atoms with Gasteiger partial charge in [0, 0.05) is 11.3 Å². The third-order valence-corrected chi connectivity index (χ3v) is 3.61. The van der Waals surface area contributed by atoms with Crippen LogP contribution >= 0.6 is 11.3 Å². The molecule has 3 heteroatoms. The Morgan fingerprint density at radius 2 is 2.13 bits per heavy atom. The molecule has 2 nitrogen and oxygen atoms in total. The maximum atomic E-state index is 4.57. The summed E-state index contributed by atoms with van der Waals surface area (Å²) in [5.41, 5.74) is 1.20. The van der Waals surface area contributed by atoms with Gasteiger partial charge in [0.1, 0.15) is 0 Å². The molecule has 1 heterocycles. The van der Waals surface area contributed by atoms with Gasteiger partial charge in [-0.05, 0) is 39.3 Å². The average Bonchev–Trinajstić information content (AvgIpc) is 2.46.